The number of rotatable bonds is 4. The van der Waals surface area contributed by atoms with Gasteiger partial charge in [-0.2, -0.15) is 0 Å². The molecule has 19 heavy (non-hydrogen) atoms. The molecule has 0 amide bonds. The van der Waals surface area contributed by atoms with Crippen LogP contribution in [0, 0.1) is 0 Å². The highest BCUT2D eigenvalue weighted by Crippen LogP contribution is 2.17. The van der Waals surface area contributed by atoms with Crippen LogP contribution >= 0.6 is 0 Å². The number of methoxy groups -OCH3 is 1. The zero-order valence-corrected chi connectivity index (χ0v) is 11.5. The van der Waals surface area contributed by atoms with E-state index in [1.807, 2.05) is 31.3 Å². The van der Waals surface area contributed by atoms with Crippen molar-refractivity contribution in [2.45, 2.75) is 6.04 Å². The summed E-state index contributed by atoms with van der Waals surface area (Å²) in [6.07, 6.45) is 0. The molecule has 1 heterocycles. The van der Waals surface area contributed by atoms with Crippen LogP contribution in [0.4, 0.5) is 5.69 Å². The molecular weight excluding hydrogens is 242 g/mol. The van der Waals surface area contributed by atoms with E-state index >= 15 is 0 Å². The zero-order valence-electron chi connectivity index (χ0n) is 11.5. The molecule has 5 heteroatoms. The van der Waals surface area contributed by atoms with Crippen molar-refractivity contribution in [1.29, 1.82) is 0 Å². The highest BCUT2D eigenvalue weighted by Gasteiger charge is 2.19. The largest absolute Gasteiger partial charge is 0.465 e. The van der Waals surface area contributed by atoms with Gasteiger partial charge in [-0.05, 0) is 31.3 Å². The number of piperazine rings is 1. The minimum atomic E-state index is -0.292. The van der Waals surface area contributed by atoms with Gasteiger partial charge < -0.3 is 20.3 Å². The van der Waals surface area contributed by atoms with Gasteiger partial charge in [0.25, 0.3) is 0 Å². The number of carbonyl (C=O) groups is 1. The van der Waals surface area contributed by atoms with Crippen molar-refractivity contribution >= 4 is 11.7 Å². The van der Waals surface area contributed by atoms with Crippen LogP contribution in [0.2, 0.25) is 0 Å². The highest BCUT2D eigenvalue weighted by atomic mass is 16.5. The number of nitrogens with one attached hydrogen (secondary N) is 2. The van der Waals surface area contributed by atoms with Crippen molar-refractivity contribution in [3.05, 3.63) is 29.8 Å². The summed E-state index contributed by atoms with van der Waals surface area (Å²) < 4.78 is 4.70. The molecule has 0 saturated carbocycles. The third kappa shape index (κ3) is 3.45. The standard InChI is InChI=1S/C14H21N3O2/c1-15-9-12-10-17(8-7-16-12)13-5-3-11(4-6-13)14(18)19-2/h3-6,12,15-16H,7-10H2,1-2H3. The molecule has 1 aliphatic rings. The maximum atomic E-state index is 11.4. The van der Waals surface area contributed by atoms with Crippen LogP contribution in [0.15, 0.2) is 24.3 Å². The molecule has 0 aliphatic carbocycles. The molecule has 1 saturated heterocycles. The van der Waals surface area contributed by atoms with Gasteiger partial charge >= 0.3 is 5.97 Å². The maximum Gasteiger partial charge on any atom is 0.337 e. The molecule has 1 fully saturated rings. The summed E-state index contributed by atoms with van der Waals surface area (Å²) in [6.45, 7) is 3.89. The van der Waals surface area contributed by atoms with E-state index in [1.54, 1.807) is 0 Å². The number of esters is 1. The van der Waals surface area contributed by atoms with Crippen LogP contribution < -0.4 is 15.5 Å². The first-order chi connectivity index (χ1) is 9.24. The van der Waals surface area contributed by atoms with Gasteiger partial charge in [-0.15, -0.1) is 0 Å². The molecule has 104 valence electrons. The number of anilines is 1. The first-order valence-corrected chi connectivity index (χ1v) is 6.56. The van der Waals surface area contributed by atoms with E-state index in [9.17, 15) is 4.79 Å². The van der Waals surface area contributed by atoms with Crippen molar-refractivity contribution in [2.24, 2.45) is 0 Å². The van der Waals surface area contributed by atoms with Gasteiger partial charge in [0.15, 0.2) is 0 Å². The van der Waals surface area contributed by atoms with Crippen molar-refractivity contribution < 1.29 is 9.53 Å². The third-order valence-electron chi connectivity index (χ3n) is 3.36. The minimum absolute atomic E-state index is 0.292. The number of benzene rings is 1. The fraction of sp³-hybridized carbons (Fsp3) is 0.500. The molecule has 5 nitrogen and oxygen atoms in total. The summed E-state index contributed by atoms with van der Waals surface area (Å²) >= 11 is 0. The Morgan fingerprint density at radius 3 is 2.84 bits per heavy atom. The number of nitrogens with zero attached hydrogens (tertiary/aromatic N) is 1. The van der Waals surface area contributed by atoms with E-state index < -0.39 is 0 Å². The number of likely N-dealkylation sites (N-methyl/N-ethyl adjacent to an activating group) is 1. The van der Waals surface area contributed by atoms with E-state index in [-0.39, 0.29) is 5.97 Å². The van der Waals surface area contributed by atoms with Gasteiger partial charge in [0.1, 0.15) is 0 Å². The second-order valence-corrected chi connectivity index (χ2v) is 4.69. The lowest BCUT2D eigenvalue weighted by Crippen LogP contribution is -2.54. The average molecular weight is 263 g/mol. The molecular formula is C14H21N3O2. The Balaban J connectivity index is 2.03. The van der Waals surface area contributed by atoms with Crippen LogP contribution in [-0.4, -0.2) is 52.3 Å². The fourth-order valence-corrected chi connectivity index (χ4v) is 2.37. The van der Waals surface area contributed by atoms with Crippen LogP contribution in [0.25, 0.3) is 0 Å². The molecule has 0 radical (unpaired) electrons. The number of hydrogen-bond donors (Lipinski definition) is 2. The van der Waals surface area contributed by atoms with Gasteiger partial charge in [0.2, 0.25) is 0 Å². The second-order valence-electron chi connectivity index (χ2n) is 4.69. The average Bonchev–Trinajstić information content (AvgIpc) is 2.47. The molecule has 2 rings (SSSR count). The Morgan fingerprint density at radius 2 is 2.21 bits per heavy atom. The lowest BCUT2D eigenvalue weighted by molar-refractivity contribution is 0.0601. The van der Waals surface area contributed by atoms with E-state index in [2.05, 4.69) is 15.5 Å². The van der Waals surface area contributed by atoms with Gasteiger partial charge in [0.05, 0.1) is 12.7 Å². The summed E-state index contributed by atoms with van der Waals surface area (Å²) in [5, 5.41) is 6.67. The van der Waals surface area contributed by atoms with Crippen molar-refractivity contribution in [2.75, 3.05) is 45.2 Å². The topological polar surface area (TPSA) is 53.6 Å². The van der Waals surface area contributed by atoms with Crippen LogP contribution in [0.1, 0.15) is 10.4 Å². The Kier molecular flexibility index (Phi) is 4.76. The lowest BCUT2D eigenvalue weighted by atomic mass is 10.1. The molecule has 0 bridgehead atoms. The van der Waals surface area contributed by atoms with Gasteiger partial charge in [-0.3, -0.25) is 0 Å². The summed E-state index contributed by atoms with van der Waals surface area (Å²) in [6, 6.07) is 8.05. The normalized spacial score (nSPS) is 19.3. The maximum absolute atomic E-state index is 11.4. The summed E-state index contributed by atoms with van der Waals surface area (Å²) in [5.74, 6) is -0.292. The Bertz CT molecular complexity index is 417. The van der Waals surface area contributed by atoms with Crippen LogP contribution in [0.3, 0.4) is 0 Å². The van der Waals surface area contributed by atoms with E-state index in [0.29, 0.717) is 11.6 Å². The predicted octanol–water partition coefficient (Wildman–Crippen LogP) is 0.471. The molecule has 1 aromatic rings. The first-order valence-electron chi connectivity index (χ1n) is 6.56. The second kappa shape index (κ2) is 6.54. The van der Waals surface area contributed by atoms with Crippen LogP contribution in [0.5, 0.6) is 0 Å². The Labute approximate surface area is 113 Å². The van der Waals surface area contributed by atoms with Gasteiger partial charge in [-0.25, -0.2) is 4.79 Å². The Hall–Kier alpha value is -1.59. The number of ether oxygens (including phenoxy) is 1. The zero-order chi connectivity index (χ0) is 13.7. The molecule has 1 atom stereocenters. The van der Waals surface area contributed by atoms with Gasteiger partial charge in [0, 0.05) is 37.9 Å². The van der Waals surface area contributed by atoms with Crippen molar-refractivity contribution in [1.82, 2.24) is 10.6 Å². The highest BCUT2D eigenvalue weighted by molar-refractivity contribution is 5.89. The van der Waals surface area contributed by atoms with E-state index in [4.69, 9.17) is 4.74 Å². The molecule has 1 unspecified atom stereocenters. The summed E-state index contributed by atoms with van der Waals surface area (Å²) in [4.78, 5) is 13.7. The molecule has 1 aliphatic heterocycles. The smallest absolute Gasteiger partial charge is 0.337 e. The first kappa shape index (κ1) is 13.8. The van der Waals surface area contributed by atoms with Crippen molar-refractivity contribution in [3.63, 3.8) is 0 Å². The van der Waals surface area contributed by atoms with E-state index in [0.717, 1.165) is 31.9 Å². The summed E-state index contributed by atoms with van der Waals surface area (Å²) in [7, 11) is 3.36. The quantitative estimate of drug-likeness (QED) is 0.774. The molecule has 0 spiro atoms. The summed E-state index contributed by atoms with van der Waals surface area (Å²) in [5.41, 5.74) is 1.74. The van der Waals surface area contributed by atoms with Gasteiger partial charge in [-0.1, -0.05) is 0 Å². The Morgan fingerprint density at radius 1 is 1.47 bits per heavy atom. The van der Waals surface area contributed by atoms with Crippen molar-refractivity contribution in [3.8, 4) is 0 Å². The lowest BCUT2D eigenvalue weighted by Gasteiger charge is -2.35. The third-order valence-corrected chi connectivity index (χ3v) is 3.36. The monoisotopic (exact) mass is 263 g/mol. The molecule has 1 aromatic carbocycles. The predicted molar refractivity (Wildman–Crippen MR) is 75.7 cm³/mol. The van der Waals surface area contributed by atoms with Crippen LogP contribution in [-0.2, 0) is 4.74 Å². The number of hydrogen-bond acceptors (Lipinski definition) is 5. The minimum Gasteiger partial charge on any atom is -0.465 e. The van der Waals surface area contributed by atoms with E-state index in [1.165, 1.54) is 7.11 Å². The SMILES string of the molecule is CNCC1CN(c2ccc(C(=O)OC)cc2)CCN1. The molecule has 0 aromatic heterocycles. The number of carbonyl (C=O) groups excluding carboxylic acids is 1. The fourth-order valence-electron chi connectivity index (χ4n) is 2.37. The molecule has 2 N–H and O–H groups in total.